The van der Waals surface area contributed by atoms with Crippen LogP contribution in [0.25, 0.3) is 38.8 Å². The largest absolute Gasteiger partial charge is 0.310 e. The van der Waals surface area contributed by atoms with Crippen molar-refractivity contribution in [1.29, 1.82) is 0 Å². The van der Waals surface area contributed by atoms with E-state index < -0.39 is 0 Å². The Morgan fingerprint density at radius 1 is 0.731 bits per heavy atom. The molecule has 26 heavy (non-hydrogen) atoms. The maximum atomic E-state index is 4.54. The van der Waals surface area contributed by atoms with Gasteiger partial charge in [0.25, 0.3) is 0 Å². The van der Waals surface area contributed by atoms with Crippen LogP contribution in [0.15, 0.2) is 91.1 Å². The average molecular weight is 512 g/mol. The number of hydrogen-bond donors (Lipinski definition) is 0. The van der Waals surface area contributed by atoms with E-state index in [9.17, 15) is 0 Å². The molecule has 0 spiro atoms. The molecule has 2 heterocycles. The molecule has 0 aliphatic carbocycles. The number of fused-ring (bicyclic) bond motifs is 3. The van der Waals surface area contributed by atoms with Gasteiger partial charge in [-0.05, 0) is 23.9 Å². The normalized spacial score (nSPS) is 10.8. The van der Waals surface area contributed by atoms with Crippen molar-refractivity contribution in [3.63, 3.8) is 0 Å². The maximum absolute atomic E-state index is 4.54. The van der Waals surface area contributed by atoms with Crippen molar-refractivity contribution < 1.29 is 20.1 Å². The zero-order valence-corrected chi connectivity index (χ0v) is 16.3. The molecule has 0 aliphatic heterocycles. The molecule has 5 rings (SSSR count). The first-order valence-electron chi connectivity index (χ1n) is 8.33. The number of para-hydroxylation sites is 2. The van der Waals surface area contributed by atoms with E-state index in [4.69, 9.17) is 0 Å². The molecule has 0 bridgehead atoms. The van der Waals surface area contributed by atoms with E-state index in [2.05, 4.69) is 76.3 Å². The van der Waals surface area contributed by atoms with Crippen molar-refractivity contribution in [3.05, 3.63) is 97.2 Å². The topological polar surface area (TPSA) is 17.8 Å². The Bertz CT molecular complexity index is 1140. The first kappa shape index (κ1) is 16.7. The standard InChI is InChI=1S/C23H15N2.Ir/c1-2-8-17(9-3-1)21-16-18(14-15-24-21)25-22-12-6-4-10-19(22)20-11-5-7-13-23(20)25;/h1-8,10-16H;/q-1;. The van der Waals surface area contributed by atoms with E-state index in [1.54, 1.807) is 0 Å². The molecule has 0 aliphatic rings. The number of benzene rings is 3. The molecule has 2 aromatic heterocycles. The van der Waals surface area contributed by atoms with Gasteiger partial charge < -0.3 is 9.55 Å². The van der Waals surface area contributed by atoms with Crippen molar-refractivity contribution in [2.24, 2.45) is 0 Å². The number of nitrogens with zero attached hydrogens (tertiary/aromatic N) is 2. The molecular weight excluding hydrogens is 496 g/mol. The van der Waals surface area contributed by atoms with E-state index in [1.807, 2.05) is 30.5 Å². The van der Waals surface area contributed by atoms with Gasteiger partial charge >= 0.3 is 0 Å². The molecule has 0 unspecified atom stereocenters. The summed E-state index contributed by atoms with van der Waals surface area (Å²) >= 11 is 0. The summed E-state index contributed by atoms with van der Waals surface area (Å²) in [6.07, 6.45) is 1.87. The van der Waals surface area contributed by atoms with Gasteiger partial charge in [0.15, 0.2) is 0 Å². The van der Waals surface area contributed by atoms with Gasteiger partial charge in [-0.25, -0.2) is 0 Å². The average Bonchev–Trinajstić information content (AvgIpc) is 3.03. The zero-order chi connectivity index (χ0) is 16.6. The summed E-state index contributed by atoms with van der Waals surface area (Å²) in [5.74, 6) is 0. The van der Waals surface area contributed by atoms with Crippen LogP contribution in [0.4, 0.5) is 0 Å². The van der Waals surface area contributed by atoms with Crippen LogP contribution in [0.3, 0.4) is 0 Å². The first-order chi connectivity index (χ1) is 12.4. The van der Waals surface area contributed by atoms with Crippen LogP contribution in [0.5, 0.6) is 0 Å². The monoisotopic (exact) mass is 512 g/mol. The molecule has 3 heteroatoms. The van der Waals surface area contributed by atoms with Gasteiger partial charge in [0, 0.05) is 42.8 Å². The minimum atomic E-state index is 0. The van der Waals surface area contributed by atoms with Crippen molar-refractivity contribution in [2.45, 2.75) is 0 Å². The smallest absolute Gasteiger partial charge is 0.0540 e. The molecule has 1 radical (unpaired) electrons. The van der Waals surface area contributed by atoms with E-state index in [0.29, 0.717) is 0 Å². The Morgan fingerprint density at radius 3 is 2.04 bits per heavy atom. The second-order valence-corrected chi connectivity index (χ2v) is 6.05. The number of aromatic nitrogens is 2. The van der Waals surface area contributed by atoms with Crippen LogP contribution >= 0.6 is 0 Å². The molecule has 0 fully saturated rings. The van der Waals surface area contributed by atoms with Gasteiger partial charge in [-0.3, -0.25) is 0 Å². The summed E-state index contributed by atoms with van der Waals surface area (Å²) in [7, 11) is 0. The Hall–Kier alpha value is -2.74. The summed E-state index contributed by atoms with van der Waals surface area (Å²) in [6.45, 7) is 0. The Balaban J connectivity index is 0.00000168. The summed E-state index contributed by atoms with van der Waals surface area (Å²) in [6, 6.07) is 32.5. The van der Waals surface area contributed by atoms with Gasteiger partial charge in [-0.2, -0.15) is 0 Å². The number of hydrogen-bond acceptors (Lipinski definition) is 1. The third-order valence-electron chi connectivity index (χ3n) is 4.57. The second-order valence-electron chi connectivity index (χ2n) is 6.05. The van der Waals surface area contributed by atoms with Crippen molar-refractivity contribution >= 4 is 21.8 Å². The quantitative estimate of drug-likeness (QED) is 0.281. The molecule has 0 saturated carbocycles. The molecule has 0 N–H and O–H groups in total. The molecule has 3 aromatic carbocycles. The predicted octanol–water partition coefficient (Wildman–Crippen LogP) is 5.64. The fourth-order valence-corrected chi connectivity index (χ4v) is 3.46. The molecule has 0 saturated heterocycles. The summed E-state index contributed by atoms with van der Waals surface area (Å²) in [5.41, 5.74) is 5.46. The Kier molecular flexibility index (Phi) is 4.42. The van der Waals surface area contributed by atoms with Gasteiger partial charge in [0.05, 0.1) is 11.0 Å². The fraction of sp³-hybridized carbons (Fsp3) is 0. The van der Waals surface area contributed by atoms with E-state index >= 15 is 0 Å². The van der Waals surface area contributed by atoms with Crippen LogP contribution in [-0.2, 0) is 20.1 Å². The third kappa shape index (κ3) is 2.66. The maximum Gasteiger partial charge on any atom is 0.0540 e. The summed E-state index contributed by atoms with van der Waals surface area (Å²) < 4.78 is 2.30. The number of rotatable bonds is 2. The van der Waals surface area contributed by atoms with E-state index in [-0.39, 0.29) is 20.1 Å². The fourth-order valence-electron chi connectivity index (χ4n) is 3.46. The van der Waals surface area contributed by atoms with Gasteiger partial charge in [-0.15, -0.1) is 35.9 Å². The third-order valence-corrected chi connectivity index (χ3v) is 4.57. The van der Waals surface area contributed by atoms with Crippen molar-refractivity contribution in [1.82, 2.24) is 9.55 Å². The Morgan fingerprint density at radius 2 is 1.38 bits per heavy atom. The van der Waals surface area contributed by atoms with E-state index in [0.717, 1.165) is 16.9 Å². The molecule has 0 amide bonds. The SMILES string of the molecule is [Ir].[c-]1ccccc1-c1cc(-n2c3ccccc3c3ccccc32)ccn1. The first-order valence-corrected chi connectivity index (χ1v) is 8.33. The molecule has 0 atom stereocenters. The van der Waals surface area contributed by atoms with Crippen LogP contribution in [0.1, 0.15) is 0 Å². The van der Waals surface area contributed by atoms with Crippen LogP contribution in [0.2, 0.25) is 0 Å². The van der Waals surface area contributed by atoms with E-state index in [1.165, 1.54) is 21.8 Å². The van der Waals surface area contributed by atoms with Gasteiger partial charge in [-0.1, -0.05) is 42.5 Å². The van der Waals surface area contributed by atoms with Gasteiger partial charge in [0.1, 0.15) is 0 Å². The minimum absolute atomic E-state index is 0. The minimum Gasteiger partial charge on any atom is -0.310 e. The van der Waals surface area contributed by atoms with Gasteiger partial charge in [0.2, 0.25) is 0 Å². The van der Waals surface area contributed by atoms with Crippen LogP contribution in [-0.4, -0.2) is 9.55 Å². The molecule has 2 nitrogen and oxygen atoms in total. The number of pyridine rings is 1. The Labute approximate surface area is 165 Å². The molecular formula is C23H15IrN2-. The second kappa shape index (κ2) is 6.87. The zero-order valence-electron chi connectivity index (χ0n) is 13.9. The van der Waals surface area contributed by atoms with Crippen molar-refractivity contribution in [2.75, 3.05) is 0 Å². The molecule has 5 aromatic rings. The van der Waals surface area contributed by atoms with Crippen LogP contribution < -0.4 is 0 Å². The van der Waals surface area contributed by atoms with Crippen molar-refractivity contribution in [3.8, 4) is 16.9 Å². The molecule has 127 valence electrons. The summed E-state index contributed by atoms with van der Waals surface area (Å²) in [4.78, 5) is 4.54. The predicted molar refractivity (Wildman–Crippen MR) is 103 cm³/mol. The summed E-state index contributed by atoms with van der Waals surface area (Å²) in [5, 5.41) is 2.53. The van der Waals surface area contributed by atoms with Crippen LogP contribution in [0, 0.1) is 6.07 Å².